The first kappa shape index (κ1) is 23.0. The van der Waals surface area contributed by atoms with Gasteiger partial charge in [-0.2, -0.15) is 9.30 Å². The summed E-state index contributed by atoms with van der Waals surface area (Å²) in [6.07, 6.45) is 6.54. The molecule has 1 aliphatic heterocycles. The van der Waals surface area contributed by atoms with Crippen LogP contribution in [0.1, 0.15) is 19.8 Å². The van der Waals surface area contributed by atoms with Crippen LogP contribution in [0.5, 0.6) is 5.75 Å². The Morgan fingerprint density at radius 2 is 2.16 bits per heavy atom. The van der Waals surface area contributed by atoms with Crippen LogP contribution in [-0.4, -0.2) is 42.4 Å². The number of carbonyl (C=O) groups excluding carboxylic acids is 1. The summed E-state index contributed by atoms with van der Waals surface area (Å²) in [5.41, 5.74) is 0.840. The van der Waals surface area contributed by atoms with Gasteiger partial charge >= 0.3 is 0 Å². The molecule has 7 nitrogen and oxygen atoms in total. The van der Waals surface area contributed by atoms with Gasteiger partial charge in [0.05, 0.1) is 27.7 Å². The lowest BCUT2D eigenvalue weighted by Crippen LogP contribution is -2.40. The van der Waals surface area contributed by atoms with E-state index in [2.05, 4.69) is 10.9 Å². The number of thiazole rings is 1. The molecule has 2 aromatic heterocycles. The van der Waals surface area contributed by atoms with Crippen molar-refractivity contribution in [3.8, 4) is 18.1 Å². The van der Waals surface area contributed by atoms with Gasteiger partial charge in [0.15, 0.2) is 4.80 Å². The van der Waals surface area contributed by atoms with Gasteiger partial charge in [-0.1, -0.05) is 28.9 Å². The molecule has 1 atom stereocenters. The largest absolute Gasteiger partial charge is 0.494 e. The fraction of sp³-hybridized carbons (Fsp3) is 0.333. The van der Waals surface area contributed by atoms with Crippen LogP contribution in [0.2, 0.25) is 4.34 Å². The van der Waals surface area contributed by atoms with E-state index in [0.717, 1.165) is 27.3 Å². The minimum atomic E-state index is -3.83. The van der Waals surface area contributed by atoms with Gasteiger partial charge in [0, 0.05) is 6.54 Å². The molecule has 11 heteroatoms. The van der Waals surface area contributed by atoms with Gasteiger partial charge < -0.3 is 9.30 Å². The van der Waals surface area contributed by atoms with Crippen LogP contribution in [0.15, 0.2) is 39.5 Å². The maximum atomic E-state index is 13.1. The fourth-order valence-corrected chi connectivity index (χ4v) is 7.96. The van der Waals surface area contributed by atoms with Crippen LogP contribution in [-0.2, 0) is 21.4 Å². The Balaban J connectivity index is 1.72. The lowest BCUT2D eigenvalue weighted by Gasteiger charge is -2.20. The molecule has 0 saturated carbocycles. The average Bonchev–Trinajstić information content (AvgIpc) is 3.48. The number of sulfonamides is 1. The fourth-order valence-electron chi connectivity index (χ4n) is 3.63. The summed E-state index contributed by atoms with van der Waals surface area (Å²) in [4.78, 5) is 17.9. The van der Waals surface area contributed by atoms with E-state index in [1.807, 2.05) is 25.1 Å². The first-order valence-corrected chi connectivity index (χ1v) is 13.4. The molecule has 0 radical (unpaired) electrons. The van der Waals surface area contributed by atoms with Crippen LogP contribution in [0.3, 0.4) is 0 Å². The number of benzene rings is 1. The minimum Gasteiger partial charge on any atom is -0.494 e. The number of fused-ring (bicyclic) bond motifs is 1. The summed E-state index contributed by atoms with van der Waals surface area (Å²) in [5.74, 6) is 2.81. The number of carbonyl (C=O) groups is 1. The summed E-state index contributed by atoms with van der Waals surface area (Å²) >= 11 is 8.21. The highest BCUT2D eigenvalue weighted by Gasteiger charge is 2.40. The Hall–Kier alpha value is -2.16. The van der Waals surface area contributed by atoms with Gasteiger partial charge in [-0.05, 0) is 50.1 Å². The molecular weight excluding hydrogens is 490 g/mol. The molecule has 0 N–H and O–H groups in total. The van der Waals surface area contributed by atoms with E-state index in [-0.39, 0.29) is 17.3 Å². The molecule has 1 saturated heterocycles. The number of nitrogens with zero attached hydrogens (tertiary/aromatic N) is 3. The van der Waals surface area contributed by atoms with Crippen LogP contribution in [0.25, 0.3) is 10.2 Å². The second-order valence-corrected chi connectivity index (χ2v) is 11.9. The zero-order valence-corrected chi connectivity index (χ0v) is 20.4. The normalized spacial score (nSPS) is 17.7. The number of amides is 1. The van der Waals surface area contributed by atoms with Crippen molar-refractivity contribution in [1.29, 1.82) is 0 Å². The van der Waals surface area contributed by atoms with Gasteiger partial charge in [0.2, 0.25) is 0 Å². The number of ether oxygens (including phenoxy) is 1. The van der Waals surface area contributed by atoms with E-state index in [0.29, 0.717) is 28.6 Å². The van der Waals surface area contributed by atoms with Crippen LogP contribution >= 0.6 is 34.3 Å². The lowest BCUT2D eigenvalue weighted by molar-refractivity contribution is -0.121. The second kappa shape index (κ2) is 9.37. The molecule has 3 aromatic rings. The zero-order chi connectivity index (χ0) is 22.9. The second-order valence-electron chi connectivity index (χ2n) is 7.02. The van der Waals surface area contributed by atoms with Gasteiger partial charge in [-0.25, -0.2) is 8.42 Å². The first-order valence-electron chi connectivity index (χ1n) is 9.90. The zero-order valence-electron chi connectivity index (χ0n) is 17.2. The Labute approximate surface area is 199 Å². The minimum absolute atomic E-state index is 0.120. The number of hydrogen-bond donors (Lipinski definition) is 0. The Kier molecular flexibility index (Phi) is 6.74. The van der Waals surface area contributed by atoms with Crippen molar-refractivity contribution in [3.63, 3.8) is 0 Å². The van der Waals surface area contributed by atoms with E-state index >= 15 is 0 Å². The van der Waals surface area contributed by atoms with E-state index in [1.54, 1.807) is 4.57 Å². The summed E-state index contributed by atoms with van der Waals surface area (Å²) < 4.78 is 36.1. The molecule has 32 heavy (non-hydrogen) atoms. The van der Waals surface area contributed by atoms with Crippen molar-refractivity contribution in [2.75, 3.05) is 13.2 Å². The molecule has 0 aliphatic carbocycles. The van der Waals surface area contributed by atoms with Crippen LogP contribution in [0.4, 0.5) is 0 Å². The number of aromatic nitrogens is 1. The van der Waals surface area contributed by atoms with E-state index in [1.165, 1.54) is 27.8 Å². The monoisotopic (exact) mass is 509 g/mol. The molecule has 0 bridgehead atoms. The maximum Gasteiger partial charge on any atom is 0.266 e. The predicted octanol–water partition coefficient (Wildman–Crippen LogP) is 3.73. The molecule has 4 rings (SSSR count). The molecule has 1 fully saturated rings. The highest BCUT2D eigenvalue weighted by Crippen LogP contribution is 2.32. The van der Waals surface area contributed by atoms with Crippen molar-refractivity contribution < 1.29 is 17.9 Å². The lowest BCUT2D eigenvalue weighted by atomic mass is 10.2. The van der Waals surface area contributed by atoms with E-state index in [4.69, 9.17) is 22.8 Å². The quantitative estimate of drug-likeness (QED) is 0.474. The third kappa shape index (κ3) is 4.36. The van der Waals surface area contributed by atoms with Crippen molar-refractivity contribution in [1.82, 2.24) is 8.87 Å². The van der Waals surface area contributed by atoms with Crippen LogP contribution < -0.4 is 9.54 Å². The average molecular weight is 510 g/mol. The van der Waals surface area contributed by atoms with Crippen molar-refractivity contribution in [2.24, 2.45) is 4.99 Å². The Bertz CT molecular complexity index is 1380. The SMILES string of the molecule is C#CCn1c(=NC(=O)C2CCCN2S(=O)(=O)c2ccc(Cl)s2)sc2cc(OCC)ccc21. The molecular formula is C21H20ClN3O4S3. The maximum absolute atomic E-state index is 13.1. The van der Waals surface area contributed by atoms with Crippen molar-refractivity contribution >= 4 is 60.4 Å². The van der Waals surface area contributed by atoms with E-state index in [9.17, 15) is 13.2 Å². The molecule has 0 spiro atoms. The standard InChI is InChI=1S/C21H20ClN3O4S3/c1-3-11-24-15-8-7-14(29-4-2)13-17(15)30-21(24)23-20(26)16-6-5-12-25(16)32(27,28)19-10-9-18(22)31-19/h1,7-10,13,16H,4-6,11-12H2,2H3. The third-order valence-electron chi connectivity index (χ3n) is 5.02. The van der Waals surface area contributed by atoms with Gasteiger partial charge in [0.25, 0.3) is 15.9 Å². The molecule has 1 unspecified atom stereocenters. The number of terminal acetylenes is 1. The molecule has 3 heterocycles. The third-order valence-corrected chi connectivity index (χ3v) is 9.67. The van der Waals surface area contributed by atoms with Crippen LogP contribution in [0, 0.1) is 12.3 Å². The summed E-state index contributed by atoms with van der Waals surface area (Å²) in [5, 5.41) is 0. The molecule has 1 aromatic carbocycles. The number of halogens is 1. The smallest absolute Gasteiger partial charge is 0.266 e. The number of thiophene rings is 1. The van der Waals surface area contributed by atoms with Crippen molar-refractivity contribution in [3.05, 3.63) is 39.5 Å². The van der Waals surface area contributed by atoms with Gasteiger partial charge in [-0.3, -0.25) is 4.79 Å². The Morgan fingerprint density at radius 3 is 2.84 bits per heavy atom. The van der Waals surface area contributed by atoms with E-state index < -0.39 is 22.0 Å². The van der Waals surface area contributed by atoms with Gasteiger partial charge in [0.1, 0.15) is 16.0 Å². The number of rotatable bonds is 6. The molecule has 1 amide bonds. The summed E-state index contributed by atoms with van der Waals surface area (Å²) in [6, 6.07) is 7.74. The highest BCUT2D eigenvalue weighted by molar-refractivity contribution is 7.91. The van der Waals surface area contributed by atoms with Gasteiger partial charge in [-0.15, -0.1) is 17.8 Å². The summed E-state index contributed by atoms with van der Waals surface area (Å²) in [7, 11) is -3.83. The summed E-state index contributed by atoms with van der Waals surface area (Å²) in [6.45, 7) is 2.94. The topological polar surface area (TPSA) is 81.0 Å². The molecule has 168 valence electrons. The Morgan fingerprint density at radius 1 is 1.34 bits per heavy atom. The predicted molar refractivity (Wildman–Crippen MR) is 127 cm³/mol. The highest BCUT2D eigenvalue weighted by atomic mass is 35.5. The number of hydrogen-bond acceptors (Lipinski definition) is 6. The van der Waals surface area contributed by atoms with Crippen molar-refractivity contribution in [2.45, 2.75) is 36.6 Å². The first-order chi connectivity index (χ1) is 15.3. The molecule has 1 aliphatic rings.